The number of hydrogen-bond acceptors (Lipinski definition) is 3. The van der Waals surface area contributed by atoms with Gasteiger partial charge in [0.25, 0.3) is 5.56 Å². The van der Waals surface area contributed by atoms with Crippen molar-refractivity contribution >= 4 is 17.7 Å². The SMILES string of the molecule is Cc1cc(=O)n(C)cc1NC(=O)/C=C/c1ccco1. The zero-order valence-electron chi connectivity index (χ0n) is 10.7. The number of anilines is 1. The summed E-state index contributed by atoms with van der Waals surface area (Å²) in [6.07, 6.45) is 6.08. The summed E-state index contributed by atoms with van der Waals surface area (Å²) >= 11 is 0. The number of amides is 1. The van der Waals surface area contributed by atoms with E-state index < -0.39 is 0 Å². The van der Waals surface area contributed by atoms with Gasteiger partial charge in [0.2, 0.25) is 5.91 Å². The third-order valence-corrected chi connectivity index (χ3v) is 2.64. The number of nitrogens with zero attached hydrogens (tertiary/aromatic N) is 1. The molecule has 0 spiro atoms. The Morgan fingerprint density at radius 1 is 1.47 bits per heavy atom. The molecule has 98 valence electrons. The minimum atomic E-state index is -0.279. The molecule has 0 fully saturated rings. The lowest BCUT2D eigenvalue weighted by molar-refractivity contribution is -0.111. The van der Waals surface area contributed by atoms with E-state index in [0.717, 1.165) is 5.56 Å². The number of furan rings is 1. The molecule has 1 amide bonds. The van der Waals surface area contributed by atoms with E-state index in [1.165, 1.54) is 23.0 Å². The van der Waals surface area contributed by atoms with Gasteiger partial charge in [0, 0.05) is 25.4 Å². The van der Waals surface area contributed by atoms with Crippen LogP contribution in [0, 0.1) is 6.92 Å². The molecule has 1 N–H and O–H groups in total. The lowest BCUT2D eigenvalue weighted by Gasteiger charge is -2.07. The van der Waals surface area contributed by atoms with Crippen LogP contribution in [-0.2, 0) is 11.8 Å². The van der Waals surface area contributed by atoms with Gasteiger partial charge in [-0.3, -0.25) is 9.59 Å². The van der Waals surface area contributed by atoms with Crippen molar-refractivity contribution in [3.05, 3.63) is 58.4 Å². The molecule has 0 aliphatic rings. The van der Waals surface area contributed by atoms with E-state index in [1.807, 2.05) is 0 Å². The molecule has 0 bridgehead atoms. The Bertz CT molecular complexity index is 666. The van der Waals surface area contributed by atoms with Crippen molar-refractivity contribution in [1.29, 1.82) is 0 Å². The van der Waals surface area contributed by atoms with Crippen LogP contribution < -0.4 is 10.9 Å². The highest BCUT2D eigenvalue weighted by Gasteiger charge is 2.04. The molecule has 0 saturated carbocycles. The van der Waals surface area contributed by atoms with E-state index in [9.17, 15) is 9.59 Å². The van der Waals surface area contributed by atoms with Crippen molar-refractivity contribution in [2.45, 2.75) is 6.92 Å². The summed E-state index contributed by atoms with van der Waals surface area (Å²) in [4.78, 5) is 23.1. The average Bonchev–Trinajstić information content (AvgIpc) is 2.86. The van der Waals surface area contributed by atoms with Crippen LogP contribution in [-0.4, -0.2) is 10.5 Å². The second-order valence-electron chi connectivity index (χ2n) is 4.16. The molecule has 0 saturated heterocycles. The molecule has 0 aliphatic heterocycles. The van der Waals surface area contributed by atoms with Crippen molar-refractivity contribution in [1.82, 2.24) is 4.57 Å². The van der Waals surface area contributed by atoms with Crippen molar-refractivity contribution in [3.63, 3.8) is 0 Å². The maximum Gasteiger partial charge on any atom is 0.250 e. The second kappa shape index (κ2) is 5.39. The van der Waals surface area contributed by atoms with Gasteiger partial charge in [-0.2, -0.15) is 0 Å². The summed E-state index contributed by atoms with van der Waals surface area (Å²) in [5, 5.41) is 2.71. The van der Waals surface area contributed by atoms with Gasteiger partial charge >= 0.3 is 0 Å². The molecule has 0 atom stereocenters. The van der Waals surface area contributed by atoms with Gasteiger partial charge in [0.15, 0.2) is 0 Å². The van der Waals surface area contributed by atoms with Gasteiger partial charge in [-0.1, -0.05) is 0 Å². The van der Waals surface area contributed by atoms with Crippen LogP contribution in [0.3, 0.4) is 0 Å². The molecule has 0 aromatic carbocycles. The highest BCUT2D eigenvalue weighted by Crippen LogP contribution is 2.11. The number of carbonyl (C=O) groups excluding carboxylic acids is 1. The number of pyridine rings is 1. The van der Waals surface area contributed by atoms with Gasteiger partial charge in [0.1, 0.15) is 5.76 Å². The first-order chi connectivity index (χ1) is 9.06. The predicted molar refractivity (Wildman–Crippen MR) is 72.8 cm³/mol. The zero-order chi connectivity index (χ0) is 13.8. The topological polar surface area (TPSA) is 64.2 Å². The molecule has 0 radical (unpaired) electrons. The van der Waals surface area contributed by atoms with Crippen molar-refractivity contribution in [3.8, 4) is 0 Å². The minimum absolute atomic E-state index is 0.110. The summed E-state index contributed by atoms with van der Waals surface area (Å²) in [5.41, 5.74) is 1.22. The fraction of sp³-hybridized carbons (Fsp3) is 0.143. The Kier molecular flexibility index (Phi) is 3.66. The second-order valence-corrected chi connectivity index (χ2v) is 4.16. The highest BCUT2D eigenvalue weighted by atomic mass is 16.3. The standard InChI is InChI=1S/C14H14N2O3/c1-10-8-14(18)16(2)9-12(10)15-13(17)6-5-11-4-3-7-19-11/h3-9H,1-2H3,(H,15,17)/b6-5+. The Morgan fingerprint density at radius 3 is 2.95 bits per heavy atom. The molecular weight excluding hydrogens is 244 g/mol. The molecule has 5 heteroatoms. The van der Waals surface area contributed by atoms with Crippen molar-refractivity contribution in [2.24, 2.45) is 7.05 Å². The third-order valence-electron chi connectivity index (χ3n) is 2.64. The van der Waals surface area contributed by atoms with Gasteiger partial charge in [-0.15, -0.1) is 0 Å². The van der Waals surface area contributed by atoms with Crippen LogP contribution in [0.1, 0.15) is 11.3 Å². The van der Waals surface area contributed by atoms with Crippen LogP contribution in [0.15, 0.2) is 45.9 Å². The van der Waals surface area contributed by atoms with E-state index in [2.05, 4.69) is 5.32 Å². The Labute approximate surface area is 110 Å². The summed E-state index contributed by atoms with van der Waals surface area (Å²) in [7, 11) is 1.64. The first-order valence-electron chi connectivity index (χ1n) is 5.76. The smallest absolute Gasteiger partial charge is 0.250 e. The lowest BCUT2D eigenvalue weighted by Crippen LogP contribution is -2.18. The number of nitrogens with one attached hydrogen (secondary N) is 1. The van der Waals surface area contributed by atoms with Gasteiger partial charge in [-0.25, -0.2) is 0 Å². The summed E-state index contributed by atoms with van der Waals surface area (Å²) < 4.78 is 6.50. The van der Waals surface area contributed by atoms with Gasteiger partial charge in [0.05, 0.1) is 12.0 Å². The van der Waals surface area contributed by atoms with Gasteiger partial charge < -0.3 is 14.3 Å². The number of hydrogen-bond donors (Lipinski definition) is 1. The number of aryl methyl sites for hydroxylation is 2. The largest absolute Gasteiger partial charge is 0.465 e. The van der Waals surface area contributed by atoms with Gasteiger partial charge in [-0.05, 0) is 30.7 Å². The van der Waals surface area contributed by atoms with Crippen LogP contribution in [0.2, 0.25) is 0 Å². The number of rotatable bonds is 3. The molecule has 5 nitrogen and oxygen atoms in total. The van der Waals surface area contributed by atoms with Crippen LogP contribution in [0.4, 0.5) is 5.69 Å². The number of aromatic nitrogens is 1. The van der Waals surface area contributed by atoms with E-state index in [1.54, 1.807) is 38.4 Å². The van der Waals surface area contributed by atoms with Crippen LogP contribution in [0.5, 0.6) is 0 Å². The first-order valence-corrected chi connectivity index (χ1v) is 5.76. The fourth-order valence-corrected chi connectivity index (χ4v) is 1.57. The predicted octanol–water partition coefficient (Wildman–Crippen LogP) is 1.94. The van der Waals surface area contributed by atoms with Crippen LogP contribution >= 0.6 is 0 Å². The van der Waals surface area contributed by atoms with E-state index in [-0.39, 0.29) is 11.5 Å². The average molecular weight is 258 g/mol. The summed E-state index contributed by atoms with van der Waals surface area (Å²) in [6.45, 7) is 1.77. The zero-order valence-corrected chi connectivity index (χ0v) is 10.7. The Hall–Kier alpha value is -2.56. The maximum atomic E-state index is 11.7. The first kappa shape index (κ1) is 12.9. The Morgan fingerprint density at radius 2 is 2.26 bits per heavy atom. The minimum Gasteiger partial charge on any atom is -0.465 e. The molecule has 2 heterocycles. The van der Waals surface area contributed by atoms with E-state index in [4.69, 9.17) is 4.42 Å². The monoisotopic (exact) mass is 258 g/mol. The third kappa shape index (κ3) is 3.22. The fourth-order valence-electron chi connectivity index (χ4n) is 1.57. The lowest BCUT2D eigenvalue weighted by atomic mass is 10.2. The van der Waals surface area contributed by atoms with E-state index in [0.29, 0.717) is 11.4 Å². The summed E-state index contributed by atoms with van der Waals surface area (Å²) in [6, 6.07) is 4.97. The van der Waals surface area contributed by atoms with Crippen molar-refractivity contribution < 1.29 is 9.21 Å². The molecule has 0 unspecified atom stereocenters. The summed E-state index contributed by atoms with van der Waals surface area (Å²) in [5.74, 6) is 0.325. The number of carbonyl (C=O) groups is 1. The Balaban J connectivity index is 2.11. The highest BCUT2D eigenvalue weighted by molar-refractivity contribution is 6.02. The molecular formula is C14H14N2O3. The molecule has 2 aromatic heterocycles. The molecule has 2 aromatic rings. The maximum absolute atomic E-state index is 11.7. The van der Waals surface area contributed by atoms with Crippen LogP contribution in [0.25, 0.3) is 6.08 Å². The van der Waals surface area contributed by atoms with E-state index >= 15 is 0 Å². The normalized spacial score (nSPS) is 10.8. The quantitative estimate of drug-likeness (QED) is 0.856. The van der Waals surface area contributed by atoms with Crippen molar-refractivity contribution in [2.75, 3.05) is 5.32 Å². The molecule has 2 rings (SSSR count). The molecule has 19 heavy (non-hydrogen) atoms. The molecule has 0 aliphatic carbocycles.